The zero-order valence-electron chi connectivity index (χ0n) is 14.2. The number of rotatable bonds is 5. The molecule has 124 valence electrons. The Hall–Kier alpha value is -1.85. The van der Waals surface area contributed by atoms with Gasteiger partial charge in [-0.3, -0.25) is 4.90 Å². The van der Waals surface area contributed by atoms with Crippen LogP contribution in [-0.2, 0) is 7.05 Å². The maximum atomic E-state index is 6.31. The van der Waals surface area contributed by atoms with Gasteiger partial charge in [0.05, 0.1) is 12.0 Å². The number of ether oxygens (including phenoxy) is 1. The second-order valence-corrected chi connectivity index (χ2v) is 6.56. The lowest BCUT2D eigenvalue weighted by Crippen LogP contribution is -2.30. The lowest BCUT2D eigenvalue weighted by Gasteiger charge is -2.17. The summed E-state index contributed by atoms with van der Waals surface area (Å²) < 4.78 is 7.99. The predicted molar refractivity (Wildman–Crippen MR) is 91.8 cm³/mol. The van der Waals surface area contributed by atoms with Crippen LogP contribution in [-0.4, -0.2) is 46.7 Å². The molecular formula is C18H26N4O. The third-order valence-corrected chi connectivity index (χ3v) is 4.61. The van der Waals surface area contributed by atoms with E-state index in [9.17, 15) is 0 Å². The number of nitrogens with zero attached hydrogens (tertiary/aromatic N) is 3. The van der Waals surface area contributed by atoms with Crippen molar-refractivity contribution in [3.8, 4) is 5.75 Å². The SMILES string of the molecule is Cc1cccc(C)c1OCCN1C[C@@H](N)[C@H](c2cn(C)cn2)C1. The van der Waals surface area contributed by atoms with E-state index in [1.165, 1.54) is 11.1 Å². The van der Waals surface area contributed by atoms with E-state index in [0.29, 0.717) is 12.5 Å². The molecule has 23 heavy (non-hydrogen) atoms. The Labute approximate surface area is 138 Å². The number of hydrogen-bond donors (Lipinski definition) is 1. The molecule has 1 aromatic heterocycles. The standard InChI is InChI=1S/C18H26N4O/c1-13-5-4-6-14(2)18(13)23-8-7-22-9-15(16(19)10-22)17-11-21(3)12-20-17/h4-6,11-12,15-16H,7-10,19H2,1-3H3/t15-,16-/m1/s1. The molecule has 0 amide bonds. The zero-order chi connectivity index (χ0) is 16.4. The second-order valence-electron chi connectivity index (χ2n) is 6.56. The highest BCUT2D eigenvalue weighted by Gasteiger charge is 2.32. The molecule has 0 radical (unpaired) electrons. The van der Waals surface area contributed by atoms with E-state index in [1.54, 1.807) is 0 Å². The molecule has 0 unspecified atom stereocenters. The average Bonchev–Trinajstić information content (AvgIpc) is 3.08. The smallest absolute Gasteiger partial charge is 0.125 e. The van der Waals surface area contributed by atoms with Crippen molar-refractivity contribution >= 4 is 0 Å². The maximum Gasteiger partial charge on any atom is 0.125 e. The highest BCUT2D eigenvalue weighted by Crippen LogP contribution is 2.25. The minimum absolute atomic E-state index is 0.144. The molecule has 0 spiro atoms. The molecule has 1 aromatic carbocycles. The van der Waals surface area contributed by atoms with Gasteiger partial charge in [-0.15, -0.1) is 0 Å². The van der Waals surface area contributed by atoms with Gasteiger partial charge in [0, 0.05) is 44.8 Å². The minimum atomic E-state index is 0.144. The first-order valence-corrected chi connectivity index (χ1v) is 8.19. The molecule has 2 heterocycles. The van der Waals surface area contributed by atoms with E-state index >= 15 is 0 Å². The number of benzene rings is 1. The largest absolute Gasteiger partial charge is 0.492 e. The van der Waals surface area contributed by atoms with Crippen LogP contribution in [0.2, 0.25) is 0 Å². The van der Waals surface area contributed by atoms with Gasteiger partial charge in [-0.05, 0) is 25.0 Å². The molecule has 2 N–H and O–H groups in total. The monoisotopic (exact) mass is 314 g/mol. The molecule has 1 aliphatic heterocycles. The Kier molecular flexibility index (Phi) is 4.68. The maximum absolute atomic E-state index is 6.31. The summed E-state index contributed by atoms with van der Waals surface area (Å²) in [5, 5.41) is 0. The number of aromatic nitrogens is 2. The summed E-state index contributed by atoms with van der Waals surface area (Å²) >= 11 is 0. The Balaban J connectivity index is 1.54. The number of aryl methyl sites for hydroxylation is 3. The van der Waals surface area contributed by atoms with Crippen molar-refractivity contribution in [3.05, 3.63) is 47.5 Å². The minimum Gasteiger partial charge on any atom is -0.492 e. The van der Waals surface area contributed by atoms with Crippen LogP contribution >= 0.6 is 0 Å². The number of hydrogen-bond acceptors (Lipinski definition) is 4. The number of nitrogens with two attached hydrogens (primary N) is 1. The normalized spacial score (nSPS) is 21.7. The van der Waals surface area contributed by atoms with E-state index in [1.807, 2.05) is 17.9 Å². The molecule has 1 saturated heterocycles. The summed E-state index contributed by atoms with van der Waals surface area (Å²) in [6.45, 7) is 7.61. The highest BCUT2D eigenvalue weighted by molar-refractivity contribution is 5.39. The summed E-state index contributed by atoms with van der Waals surface area (Å²) in [6.07, 6.45) is 3.91. The molecular weight excluding hydrogens is 288 g/mol. The van der Waals surface area contributed by atoms with Crippen molar-refractivity contribution in [1.82, 2.24) is 14.5 Å². The van der Waals surface area contributed by atoms with Crippen molar-refractivity contribution in [3.63, 3.8) is 0 Å². The van der Waals surface area contributed by atoms with Crippen LogP contribution in [0.1, 0.15) is 22.7 Å². The Morgan fingerprint density at radius 3 is 2.65 bits per heavy atom. The van der Waals surface area contributed by atoms with Gasteiger partial charge >= 0.3 is 0 Å². The summed E-state index contributed by atoms with van der Waals surface area (Å²) in [6, 6.07) is 6.38. The van der Waals surface area contributed by atoms with Gasteiger partial charge in [-0.25, -0.2) is 4.98 Å². The van der Waals surface area contributed by atoms with Crippen molar-refractivity contribution in [2.45, 2.75) is 25.8 Å². The van der Waals surface area contributed by atoms with Crippen LogP contribution in [0.3, 0.4) is 0 Å². The molecule has 5 heteroatoms. The van der Waals surface area contributed by atoms with E-state index in [-0.39, 0.29) is 6.04 Å². The molecule has 3 rings (SSSR count). The fraction of sp³-hybridized carbons (Fsp3) is 0.500. The van der Waals surface area contributed by atoms with Gasteiger partial charge in [0.1, 0.15) is 12.4 Å². The number of likely N-dealkylation sites (tertiary alicyclic amines) is 1. The van der Waals surface area contributed by atoms with Crippen LogP contribution in [0.25, 0.3) is 0 Å². The van der Waals surface area contributed by atoms with Gasteiger partial charge in [-0.2, -0.15) is 0 Å². The van der Waals surface area contributed by atoms with Crippen molar-refractivity contribution in [2.24, 2.45) is 12.8 Å². The van der Waals surface area contributed by atoms with Gasteiger partial charge < -0.3 is 15.0 Å². The molecule has 0 aliphatic carbocycles. The number of imidazole rings is 1. The molecule has 2 aromatic rings. The van der Waals surface area contributed by atoms with Crippen molar-refractivity contribution in [1.29, 1.82) is 0 Å². The van der Waals surface area contributed by atoms with Crippen LogP contribution in [0.5, 0.6) is 5.75 Å². The first-order chi connectivity index (χ1) is 11.0. The molecule has 0 saturated carbocycles. The Bertz CT molecular complexity index is 647. The molecule has 1 fully saturated rings. The van der Waals surface area contributed by atoms with E-state index in [4.69, 9.17) is 10.5 Å². The Morgan fingerprint density at radius 2 is 2.00 bits per heavy atom. The van der Waals surface area contributed by atoms with Crippen LogP contribution in [0.4, 0.5) is 0 Å². The van der Waals surface area contributed by atoms with Crippen molar-refractivity contribution in [2.75, 3.05) is 26.2 Å². The van der Waals surface area contributed by atoms with Gasteiger partial charge in [-0.1, -0.05) is 18.2 Å². The average molecular weight is 314 g/mol. The predicted octanol–water partition coefficient (Wildman–Crippen LogP) is 1.84. The topological polar surface area (TPSA) is 56.3 Å². The summed E-state index contributed by atoms with van der Waals surface area (Å²) in [5.41, 5.74) is 9.78. The quantitative estimate of drug-likeness (QED) is 0.915. The van der Waals surface area contributed by atoms with Crippen LogP contribution in [0, 0.1) is 13.8 Å². The highest BCUT2D eigenvalue weighted by atomic mass is 16.5. The van der Waals surface area contributed by atoms with Gasteiger partial charge in [0.15, 0.2) is 0 Å². The molecule has 5 nitrogen and oxygen atoms in total. The summed E-state index contributed by atoms with van der Waals surface area (Å²) in [5.74, 6) is 1.33. The third kappa shape index (κ3) is 3.57. The van der Waals surface area contributed by atoms with E-state index in [0.717, 1.165) is 31.1 Å². The van der Waals surface area contributed by atoms with Crippen LogP contribution < -0.4 is 10.5 Å². The number of para-hydroxylation sites is 1. The zero-order valence-corrected chi connectivity index (χ0v) is 14.2. The third-order valence-electron chi connectivity index (χ3n) is 4.61. The fourth-order valence-corrected chi connectivity index (χ4v) is 3.34. The van der Waals surface area contributed by atoms with Crippen LogP contribution in [0.15, 0.2) is 30.7 Å². The van der Waals surface area contributed by atoms with E-state index < -0.39 is 0 Å². The first kappa shape index (κ1) is 16.0. The summed E-state index contributed by atoms with van der Waals surface area (Å²) in [7, 11) is 1.99. The second kappa shape index (κ2) is 6.72. The summed E-state index contributed by atoms with van der Waals surface area (Å²) in [4.78, 5) is 6.83. The molecule has 0 bridgehead atoms. The van der Waals surface area contributed by atoms with Gasteiger partial charge in [0.25, 0.3) is 0 Å². The Morgan fingerprint density at radius 1 is 1.26 bits per heavy atom. The molecule has 2 atom stereocenters. The first-order valence-electron chi connectivity index (χ1n) is 8.19. The fourth-order valence-electron chi connectivity index (χ4n) is 3.34. The van der Waals surface area contributed by atoms with E-state index in [2.05, 4.69) is 48.1 Å². The lowest BCUT2D eigenvalue weighted by atomic mass is 10.0. The van der Waals surface area contributed by atoms with Gasteiger partial charge in [0.2, 0.25) is 0 Å². The molecule has 1 aliphatic rings. The lowest BCUT2D eigenvalue weighted by molar-refractivity contribution is 0.233. The van der Waals surface area contributed by atoms with Crippen molar-refractivity contribution < 1.29 is 4.74 Å².